The first kappa shape index (κ1) is 19.4. The largest absolute Gasteiger partial charge is 0.378 e. The van der Waals surface area contributed by atoms with Gasteiger partial charge < -0.3 is 9.64 Å². The number of benzene rings is 2. The van der Waals surface area contributed by atoms with Gasteiger partial charge in [-0.15, -0.1) is 0 Å². The Morgan fingerprint density at radius 3 is 2.34 bits per heavy atom. The lowest BCUT2D eigenvalue weighted by molar-refractivity contribution is 0.0303. The topological polar surface area (TPSA) is 64.4 Å². The van der Waals surface area contributed by atoms with E-state index in [2.05, 4.69) is 5.10 Å². The minimum Gasteiger partial charge on any atom is -0.378 e. The molecule has 29 heavy (non-hydrogen) atoms. The van der Waals surface area contributed by atoms with E-state index in [1.165, 1.54) is 28.1 Å². The van der Waals surface area contributed by atoms with Crippen molar-refractivity contribution in [2.45, 2.75) is 16.8 Å². The van der Waals surface area contributed by atoms with Gasteiger partial charge in [-0.05, 0) is 49.4 Å². The molecule has 3 aromatic rings. The molecule has 1 aromatic heterocycles. The molecular formula is C22H21N3O3S. The molecular weight excluding hydrogens is 386 g/mol. The van der Waals surface area contributed by atoms with Gasteiger partial charge in [0.05, 0.1) is 18.9 Å². The molecule has 6 nitrogen and oxygen atoms in total. The molecule has 148 valence electrons. The highest BCUT2D eigenvalue weighted by molar-refractivity contribution is 7.99. The quantitative estimate of drug-likeness (QED) is 0.665. The number of aryl methyl sites for hydroxylation is 1. The third kappa shape index (κ3) is 4.58. The van der Waals surface area contributed by atoms with Crippen molar-refractivity contribution in [3.8, 4) is 5.69 Å². The van der Waals surface area contributed by atoms with Crippen molar-refractivity contribution in [2.75, 3.05) is 26.3 Å². The molecule has 4 rings (SSSR count). The molecule has 0 spiro atoms. The van der Waals surface area contributed by atoms with Crippen LogP contribution in [-0.4, -0.2) is 46.9 Å². The lowest BCUT2D eigenvalue weighted by Gasteiger charge is -2.26. The number of amides is 1. The number of carbonyl (C=O) groups excluding carboxylic acids is 1. The molecule has 1 aliphatic heterocycles. The standard InChI is InChI=1S/C22H21N3O3S/c1-16-2-8-19(9-3-16)29-20-10-11-21(26)25(23-20)18-6-4-17(5-7-18)22(27)24-12-14-28-15-13-24/h2-11H,12-15H2,1H3. The van der Waals surface area contributed by atoms with Crippen LogP contribution in [0.15, 0.2) is 75.4 Å². The first-order valence-corrected chi connectivity index (χ1v) is 10.2. The maximum Gasteiger partial charge on any atom is 0.271 e. The molecule has 2 aromatic carbocycles. The van der Waals surface area contributed by atoms with Gasteiger partial charge in [-0.3, -0.25) is 9.59 Å². The van der Waals surface area contributed by atoms with E-state index in [9.17, 15) is 9.59 Å². The van der Waals surface area contributed by atoms with Crippen molar-refractivity contribution in [3.05, 3.63) is 82.1 Å². The van der Waals surface area contributed by atoms with Crippen molar-refractivity contribution in [3.63, 3.8) is 0 Å². The summed E-state index contributed by atoms with van der Waals surface area (Å²) in [6.07, 6.45) is 0. The molecule has 2 heterocycles. The number of hydrogen-bond donors (Lipinski definition) is 0. The lowest BCUT2D eigenvalue weighted by Crippen LogP contribution is -2.40. The fraction of sp³-hybridized carbons (Fsp3) is 0.227. The van der Waals surface area contributed by atoms with E-state index in [0.29, 0.717) is 37.6 Å². The maximum absolute atomic E-state index is 12.6. The van der Waals surface area contributed by atoms with Crippen LogP contribution in [0.5, 0.6) is 0 Å². The number of morpholine rings is 1. The molecule has 0 atom stereocenters. The molecule has 7 heteroatoms. The first-order chi connectivity index (χ1) is 14.1. The summed E-state index contributed by atoms with van der Waals surface area (Å²) in [6.45, 7) is 4.36. The first-order valence-electron chi connectivity index (χ1n) is 9.42. The Hall–Kier alpha value is -2.90. The molecule has 1 amide bonds. The van der Waals surface area contributed by atoms with Crippen molar-refractivity contribution in [2.24, 2.45) is 0 Å². The zero-order valence-electron chi connectivity index (χ0n) is 16.1. The van der Waals surface area contributed by atoms with Crippen LogP contribution in [0.4, 0.5) is 0 Å². The van der Waals surface area contributed by atoms with E-state index < -0.39 is 0 Å². The monoisotopic (exact) mass is 407 g/mol. The number of carbonyl (C=O) groups is 1. The van der Waals surface area contributed by atoms with E-state index >= 15 is 0 Å². The van der Waals surface area contributed by atoms with E-state index in [1.807, 2.05) is 31.2 Å². The van der Waals surface area contributed by atoms with Gasteiger partial charge in [0.25, 0.3) is 11.5 Å². The normalized spacial score (nSPS) is 14.0. The molecule has 0 aliphatic carbocycles. The average Bonchev–Trinajstić information content (AvgIpc) is 2.77. The van der Waals surface area contributed by atoms with Crippen molar-refractivity contribution in [1.82, 2.24) is 14.7 Å². The molecule has 0 saturated carbocycles. The van der Waals surface area contributed by atoms with Crippen LogP contribution in [0.3, 0.4) is 0 Å². The van der Waals surface area contributed by atoms with Crippen LogP contribution in [0.25, 0.3) is 5.69 Å². The summed E-state index contributed by atoms with van der Waals surface area (Å²) >= 11 is 1.50. The van der Waals surface area contributed by atoms with Gasteiger partial charge >= 0.3 is 0 Å². The highest BCUT2D eigenvalue weighted by Crippen LogP contribution is 2.25. The Morgan fingerprint density at radius 2 is 1.66 bits per heavy atom. The van der Waals surface area contributed by atoms with Crippen LogP contribution in [0.1, 0.15) is 15.9 Å². The summed E-state index contributed by atoms with van der Waals surface area (Å²) in [5.74, 6) is -0.0242. The smallest absolute Gasteiger partial charge is 0.271 e. The zero-order chi connectivity index (χ0) is 20.2. The molecule has 1 aliphatic rings. The van der Waals surface area contributed by atoms with Gasteiger partial charge in [-0.2, -0.15) is 9.78 Å². The van der Waals surface area contributed by atoms with Gasteiger partial charge in [0, 0.05) is 29.6 Å². The number of aromatic nitrogens is 2. The van der Waals surface area contributed by atoms with E-state index in [4.69, 9.17) is 4.74 Å². The summed E-state index contributed by atoms with van der Waals surface area (Å²) in [4.78, 5) is 27.8. The molecule has 0 unspecified atom stereocenters. The Bertz CT molecular complexity index is 1060. The summed E-state index contributed by atoms with van der Waals surface area (Å²) in [7, 11) is 0. The predicted octanol–water partition coefficient (Wildman–Crippen LogP) is 3.16. The minimum atomic E-state index is -0.217. The molecule has 1 fully saturated rings. The second kappa shape index (κ2) is 8.63. The number of ether oxygens (including phenoxy) is 1. The van der Waals surface area contributed by atoms with E-state index in [1.54, 1.807) is 35.2 Å². The van der Waals surface area contributed by atoms with Crippen LogP contribution in [0.2, 0.25) is 0 Å². The van der Waals surface area contributed by atoms with Crippen LogP contribution >= 0.6 is 11.8 Å². The Morgan fingerprint density at radius 1 is 0.966 bits per heavy atom. The van der Waals surface area contributed by atoms with Gasteiger partial charge in [0.2, 0.25) is 0 Å². The highest BCUT2D eigenvalue weighted by atomic mass is 32.2. The summed E-state index contributed by atoms with van der Waals surface area (Å²) in [5, 5.41) is 5.20. The van der Waals surface area contributed by atoms with Gasteiger partial charge in [0.15, 0.2) is 0 Å². The fourth-order valence-corrected chi connectivity index (χ4v) is 3.83. The van der Waals surface area contributed by atoms with Gasteiger partial charge in [0.1, 0.15) is 5.03 Å². The number of rotatable bonds is 4. The summed E-state index contributed by atoms with van der Waals surface area (Å²) in [5.41, 5.74) is 2.19. The van der Waals surface area contributed by atoms with Crippen LogP contribution in [-0.2, 0) is 4.74 Å². The van der Waals surface area contributed by atoms with E-state index in [-0.39, 0.29) is 11.5 Å². The summed E-state index contributed by atoms with van der Waals surface area (Å²) in [6, 6.07) is 18.4. The Balaban J connectivity index is 1.55. The SMILES string of the molecule is Cc1ccc(Sc2ccc(=O)n(-c3ccc(C(=O)N4CCOCC4)cc3)n2)cc1. The second-order valence-corrected chi connectivity index (χ2v) is 7.88. The second-order valence-electron chi connectivity index (χ2n) is 6.79. The average molecular weight is 407 g/mol. The summed E-state index contributed by atoms with van der Waals surface area (Å²) < 4.78 is 6.65. The van der Waals surface area contributed by atoms with Crippen molar-refractivity contribution in [1.29, 1.82) is 0 Å². The lowest BCUT2D eigenvalue weighted by atomic mass is 10.1. The maximum atomic E-state index is 12.6. The third-order valence-electron chi connectivity index (χ3n) is 4.68. The van der Waals surface area contributed by atoms with Gasteiger partial charge in [-0.25, -0.2) is 0 Å². The predicted molar refractivity (Wildman–Crippen MR) is 112 cm³/mol. The van der Waals surface area contributed by atoms with Crippen molar-refractivity contribution < 1.29 is 9.53 Å². The third-order valence-corrected chi connectivity index (χ3v) is 5.61. The Labute approximate surface area is 173 Å². The minimum absolute atomic E-state index is 0.0242. The van der Waals surface area contributed by atoms with Crippen LogP contribution in [0, 0.1) is 6.92 Å². The molecule has 0 radical (unpaired) electrons. The van der Waals surface area contributed by atoms with Crippen molar-refractivity contribution >= 4 is 17.7 Å². The highest BCUT2D eigenvalue weighted by Gasteiger charge is 2.18. The molecule has 1 saturated heterocycles. The zero-order valence-corrected chi connectivity index (χ0v) is 16.9. The van der Waals surface area contributed by atoms with E-state index in [0.717, 1.165) is 9.92 Å². The number of nitrogens with zero attached hydrogens (tertiary/aromatic N) is 3. The molecule has 0 bridgehead atoms. The fourth-order valence-electron chi connectivity index (χ4n) is 3.06. The Kier molecular flexibility index (Phi) is 5.78. The number of hydrogen-bond acceptors (Lipinski definition) is 5. The van der Waals surface area contributed by atoms with Gasteiger partial charge in [-0.1, -0.05) is 29.5 Å². The molecule has 0 N–H and O–H groups in total. The van der Waals surface area contributed by atoms with Crippen LogP contribution < -0.4 is 5.56 Å².